The van der Waals surface area contributed by atoms with Gasteiger partial charge in [-0.2, -0.15) is 0 Å². The van der Waals surface area contributed by atoms with Gasteiger partial charge in [0.15, 0.2) is 0 Å². The van der Waals surface area contributed by atoms with E-state index in [9.17, 15) is 14.4 Å². The van der Waals surface area contributed by atoms with Crippen molar-refractivity contribution in [3.05, 3.63) is 22.4 Å². The summed E-state index contributed by atoms with van der Waals surface area (Å²) in [6.45, 7) is 1.13. The molecule has 0 bridgehead atoms. The number of nitrogens with zero attached hydrogens (tertiary/aromatic N) is 1. The van der Waals surface area contributed by atoms with Crippen molar-refractivity contribution >= 4 is 29.1 Å². The number of carboxylic acids is 1. The average molecular weight is 311 g/mol. The van der Waals surface area contributed by atoms with Gasteiger partial charge in [-0.15, -0.1) is 11.3 Å². The molecule has 0 saturated carbocycles. The highest BCUT2D eigenvalue weighted by atomic mass is 32.1. The topological polar surface area (TPSA) is 98.7 Å². The Morgan fingerprint density at radius 2 is 2.19 bits per heavy atom. The maximum absolute atomic E-state index is 11.8. The van der Waals surface area contributed by atoms with Gasteiger partial charge in [-0.25, -0.2) is 0 Å². The van der Waals surface area contributed by atoms with E-state index in [1.807, 2.05) is 0 Å². The van der Waals surface area contributed by atoms with E-state index in [4.69, 9.17) is 5.11 Å². The van der Waals surface area contributed by atoms with Crippen LogP contribution in [0.15, 0.2) is 17.5 Å². The summed E-state index contributed by atoms with van der Waals surface area (Å²) in [5.74, 6) is -1.97. The van der Waals surface area contributed by atoms with Crippen LogP contribution in [-0.4, -0.2) is 47.4 Å². The number of carbonyl (C=O) groups is 3. The number of amides is 2. The molecule has 1 saturated heterocycles. The number of hydrogen-bond acceptors (Lipinski definition) is 5. The van der Waals surface area contributed by atoms with Crippen LogP contribution in [0.5, 0.6) is 0 Å². The van der Waals surface area contributed by atoms with Gasteiger partial charge in [0, 0.05) is 6.54 Å². The number of hydrazine groups is 1. The number of piperidine rings is 1. The minimum absolute atomic E-state index is 0.0779. The molecular formula is C13H17N3O4S. The Bertz CT molecular complexity index is 517. The average Bonchev–Trinajstić information content (AvgIpc) is 2.99. The van der Waals surface area contributed by atoms with Crippen LogP contribution in [0.4, 0.5) is 0 Å². The zero-order valence-corrected chi connectivity index (χ0v) is 12.2. The van der Waals surface area contributed by atoms with Gasteiger partial charge in [-0.3, -0.25) is 30.1 Å². The number of aliphatic carboxylic acids is 1. The SMILES string of the molecule is O=C(CN1CCCC(C(=O)O)C1)NNC(=O)c1cccs1. The van der Waals surface area contributed by atoms with Crippen LogP contribution in [0.3, 0.4) is 0 Å². The minimum Gasteiger partial charge on any atom is -0.481 e. The lowest BCUT2D eigenvalue weighted by Gasteiger charge is -2.29. The van der Waals surface area contributed by atoms with Gasteiger partial charge in [0.25, 0.3) is 11.8 Å². The Morgan fingerprint density at radius 3 is 2.86 bits per heavy atom. The number of carboxylic acid groups (broad SMARTS) is 1. The van der Waals surface area contributed by atoms with Crippen LogP contribution in [0.25, 0.3) is 0 Å². The molecule has 1 fully saturated rings. The minimum atomic E-state index is -0.828. The summed E-state index contributed by atoms with van der Waals surface area (Å²) in [5, 5.41) is 10.8. The second kappa shape index (κ2) is 7.19. The van der Waals surface area contributed by atoms with Gasteiger partial charge in [-0.05, 0) is 30.8 Å². The highest BCUT2D eigenvalue weighted by Crippen LogP contribution is 2.16. The van der Waals surface area contributed by atoms with Crippen molar-refractivity contribution in [1.82, 2.24) is 15.8 Å². The van der Waals surface area contributed by atoms with E-state index in [0.29, 0.717) is 24.4 Å². The summed E-state index contributed by atoms with van der Waals surface area (Å²) in [4.78, 5) is 36.6. The second-order valence-electron chi connectivity index (χ2n) is 4.89. The van der Waals surface area contributed by atoms with E-state index >= 15 is 0 Å². The van der Waals surface area contributed by atoms with E-state index < -0.39 is 11.9 Å². The standard InChI is InChI=1S/C13H17N3O4S/c17-11(14-15-12(18)10-4-2-6-21-10)8-16-5-1-3-9(7-16)13(19)20/h2,4,6,9H,1,3,5,7-8H2,(H,14,17)(H,15,18)(H,19,20). The second-order valence-corrected chi connectivity index (χ2v) is 5.84. The van der Waals surface area contributed by atoms with Crippen molar-refractivity contribution < 1.29 is 19.5 Å². The van der Waals surface area contributed by atoms with Crippen LogP contribution in [0.1, 0.15) is 22.5 Å². The van der Waals surface area contributed by atoms with Crippen LogP contribution >= 0.6 is 11.3 Å². The molecule has 1 aliphatic rings. The van der Waals surface area contributed by atoms with Crippen LogP contribution in [0.2, 0.25) is 0 Å². The Hall–Kier alpha value is -1.93. The van der Waals surface area contributed by atoms with Crippen LogP contribution in [0, 0.1) is 5.92 Å². The number of nitrogens with one attached hydrogen (secondary N) is 2. The zero-order chi connectivity index (χ0) is 15.2. The number of likely N-dealkylation sites (tertiary alicyclic amines) is 1. The third-order valence-electron chi connectivity index (χ3n) is 3.28. The number of rotatable bonds is 4. The molecule has 1 aromatic rings. The Morgan fingerprint density at radius 1 is 1.38 bits per heavy atom. The maximum atomic E-state index is 11.8. The molecule has 3 N–H and O–H groups in total. The molecule has 0 radical (unpaired) electrons. The Kier molecular flexibility index (Phi) is 5.29. The summed E-state index contributed by atoms with van der Waals surface area (Å²) in [6.07, 6.45) is 1.40. The van der Waals surface area contributed by atoms with Gasteiger partial charge in [0.1, 0.15) is 0 Å². The van der Waals surface area contributed by atoms with Crippen LogP contribution in [-0.2, 0) is 9.59 Å². The molecular weight excluding hydrogens is 294 g/mol. The van der Waals surface area contributed by atoms with Crippen LogP contribution < -0.4 is 10.9 Å². The zero-order valence-electron chi connectivity index (χ0n) is 11.4. The molecule has 0 spiro atoms. The number of carbonyl (C=O) groups excluding carboxylic acids is 2. The lowest BCUT2D eigenvalue weighted by molar-refractivity contribution is -0.144. The van der Waals surface area contributed by atoms with Crippen molar-refractivity contribution in [2.24, 2.45) is 5.92 Å². The fourth-order valence-corrected chi connectivity index (χ4v) is 2.86. The summed E-state index contributed by atoms with van der Waals surface area (Å²) in [5.41, 5.74) is 4.68. The third kappa shape index (κ3) is 4.54. The largest absolute Gasteiger partial charge is 0.481 e. The monoisotopic (exact) mass is 311 g/mol. The molecule has 1 aromatic heterocycles. The summed E-state index contributed by atoms with van der Waals surface area (Å²) >= 11 is 1.28. The van der Waals surface area contributed by atoms with Crippen molar-refractivity contribution in [2.45, 2.75) is 12.8 Å². The molecule has 1 unspecified atom stereocenters. The predicted octanol–water partition coefficient (Wildman–Crippen LogP) is 0.306. The first-order valence-corrected chi connectivity index (χ1v) is 7.52. The van der Waals surface area contributed by atoms with Gasteiger partial charge >= 0.3 is 5.97 Å². The molecule has 2 heterocycles. The molecule has 7 nitrogen and oxygen atoms in total. The van der Waals surface area contributed by atoms with Gasteiger partial charge < -0.3 is 5.11 Å². The van der Waals surface area contributed by atoms with E-state index in [-0.39, 0.29) is 18.4 Å². The van der Waals surface area contributed by atoms with Crippen molar-refractivity contribution in [1.29, 1.82) is 0 Å². The normalized spacial score (nSPS) is 19.0. The third-order valence-corrected chi connectivity index (χ3v) is 4.15. The van der Waals surface area contributed by atoms with Crippen molar-refractivity contribution in [3.8, 4) is 0 Å². The van der Waals surface area contributed by atoms with E-state index in [1.54, 1.807) is 22.4 Å². The lowest BCUT2D eigenvalue weighted by atomic mass is 9.98. The molecule has 2 rings (SSSR count). The van der Waals surface area contributed by atoms with Gasteiger partial charge in [0.2, 0.25) is 0 Å². The Labute approximate surface area is 125 Å². The fraction of sp³-hybridized carbons (Fsp3) is 0.462. The quantitative estimate of drug-likeness (QED) is 0.695. The molecule has 2 amide bonds. The maximum Gasteiger partial charge on any atom is 0.307 e. The van der Waals surface area contributed by atoms with E-state index in [1.165, 1.54) is 11.3 Å². The smallest absolute Gasteiger partial charge is 0.307 e. The fourth-order valence-electron chi connectivity index (χ4n) is 2.24. The number of hydrogen-bond donors (Lipinski definition) is 3. The lowest BCUT2D eigenvalue weighted by Crippen LogP contribution is -2.48. The molecule has 8 heteroatoms. The van der Waals surface area contributed by atoms with E-state index in [2.05, 4.69) is 10.9 Å². The molecule has 0 aromatic carbocycles. The first kappa shape index (κ1) is 15.5. The van der Waals surface area contributed by atoms with Crippen molar-refractivity contribution in [3.63, 3.8) is 0 Å². The first-order valence-electron chi connectivity index (χ1n) is 6.64. The highest BCUT2D eigenvalue weighted by Gasteiger charge is 2.26. The van der Waals surface area contributed by atoms with Gasteiger partial charge in [0.05, 0.1) is 17.3 Å². The molecule has 21 heavy (non-hydrogen) atoms. The first-order chi connectivity index (χ1) is 10.1. The molecule has 0 aliphatic carbocycles. The molecule has 114 valence electrons. The summed E-state index contributed by atoms with van der Waals surface area (Å²) in [7, 11) is 0. The molecule has 1 atom stereocenters. The molecule has 1 aliphatic heterocycles. The number of thiophene rings is 1. The Balaban J connectivity index is 1.74. The van der Waals surface area contributed by atoms with E-state index in [0.717, 1.165) is 6.42 Å². The van der Waals surface area contributed by atoms with Crippen molar-refractivity contribution in [2.75, 3.05) is 19.6 Å². The van der Waals surface area contributed by atoms with Gasteiger partial charge in [-0.1, -0.05) is 6.07 Å². The summed E-state index contributed by atoms with van der Waals surface area (Å²) < 4.78 is 0. The summed E-state index contributed by atoms with van der Waals surface area (Å²) in [6, 6.07) is 3.41. The predicted molar refractivity (Wildman–Crippen MR) is 76.7 cm³/mol. The highest BCUT2D eigenvalue weighted by molar-refractivity contribution is 7.12.